The molecule has 0 aliphatic heterocycles. The maximum absolute atomic E-state index is 12.2. The summed E-state index contributed by atoms with van der Waals surface area (Å²) in [5, 5.41) is 12.2. The first-order chi connectivity index (χ1) is 9.92. The molecule has 6 nitrogen and oxygen atoms in total. The van der Waals surface area contributed by atoms with Gasteiger partial charge in [0, 0.05) is 25.9 Å². The Hall–Kier alpha value is -1.66. The summed E-state index contributed by atoms with van der Waals surface area (Å²) >= 11 is 0. The zero-order valence-electron chi connectivity index (χ0n) is 13.1. The fourth-order valence-corrected chi connectivity index (χ4v) is 2.23. The van der Waals surface area contributed by atoms with Crippen molar-refractivity contribution in [3.8, 4) is 0 Å². The molecule has 0 aliphatic carbocycles. The van der Waals surface area contributed by atoms with E-state index in [9.17, 15) is 14.7 Å². The highest BCUT2D eigenvalue weighted by Crippen LogP contribution is 2.07. The molecule has 1 atom stereocenters. The van der Waals surface area contributed by atoms with Crippen LogP contribution in [0.2, 0.25) is 0 Å². The van der Waals surface area contributed by atoms with Gasteiger partial charge >= 0.3 is 0 Å². The topological polar surface area (TPSA) is 80.6 Å². The molecule has 21 heavy (non-hydrogen) atoms. The molecule has 0 spiro atoms. The minimum atomic E-state index is -0.784. The van der Waals surface area contributed by atoms with Gasteiger partial charge in [0.05, 0.1) is 12.7 Å². The summed E-state index contributed by atoms with van der Waals surface area (Å²) < 4.78 is 6.56. The number of aliphatic hydroxyl groups excluding tert-OH is 1. The quantitative estimate of drug-likeness (QED) is 0.762. The van der Waals surface area contributed by atoms with Crippen LogP contribution in [0.25, 0.3) is 0 Å². The van der Waals surface area contributed by atoms with Crippen LogP contribution >= 0.6 is 0 Å². The van der Waals surface area contributed by atoms with Crippen LogP contribution in [0.15, 0.2) is 10.9 Å². The molecule has 118 valence electrons. The van der Waals surface area contributed by atoms with Crippen LogP contribution < -0.4 is 10.9 Å². The molecule has 0 radical (unpaired) electrons. The van der Waals surface area contributed by atoms with Gasteiger partial charge in [0.25, 0.3) is 11.5 Å². The van der Waals surface area contributed by atoms with Crippen LogP contribution in [0.1, 0.15) is 35.5 Å². The van der Waals surface area contributed by atoms with Crippen molar-refractivity contribution in [1.29, 1.82) is 0 Å². The number of ether oxygens (including phenoxy) is 1. The number of aryl methyl sites for hydroxylation is 1. The van der Waals surface area contributed by atoms with E-state index in [4.69, 9.17) is 4.74 Å². The van der Waals surface area contributed by atoms with Gasteiger partial charge in [-0.2, -0.15) is 0 Å². The van der Waals surface area contributed by atoms with Gasteiger partial charge in [0.2, 0.25) is 0 Å². The van der Waals surface area contributed by atoms with Gasteiger partial charge < -0.3 is 19.7 Å². The average molecular weight is 296 g/mol. The molecule has 0 saturated carbocycles. The number of hydrogen-bond acceptors (Lipinski definition) is 4. The fraction of sp³-hybridized carbons (Fsp3) is 0.600. The smallest absolute Gasteiger partial charge is 0.263 e. The Labute approximate surface area is 124 Å². The highest BCUT2D eigenvalue weighted by molar-refractivity contribution is 5.94. The van der Waals surface area contributed by atoms with E-state index in [1.807, 2.05) is 20.8 Å². The van der Waals surface area contributed by atoms with Gasteiger partial charge in [-0.05, 0) is 31.9 Å². The Morgan fingerprint density at radius 2 is 2.14 bits per heavy atom. The number of carbonyl (C=O) groups excluding carboxylic acids is 1. The molecule has 0 fully saturated rings. The third-order valence-corrected chi connectivity index (χ3v) is 3.35. The van der Waals surface area contributed by atoms with E-state index < -0.39 is 12.0 Å². The third kappa shape index (κ3) is 4.41. The van der Waals surface area contributed by atoms with Gasteiger partial charge in [-0.15, -0.1) is 0 Å². The van der Waals surface area contributed by atoms with E-state index in [2.05, 4.69) is 5.32 Å². The first kappa shape index (κ1) is 17.4. The highest BCUT2D eigenvalue weighted by Gasteiger charge is 2.16. The van der Waals surface area contributed by atoms with Gasteiger partial charge in [-0.25, -0.2) is 0 Å². The zero-order valence-corrected chi connectivity index (χ0v) is 13.1. The Balaban J connectivity index is 2.82. The summed E-state index contributed by atoms with van der Waals surface area (Å²) in [6.07, 6.45) is -0.0548. The number of nitrogens with one attached hydrogen (secondary N) is 1. The number of amides is 1. The third-order valence-electron chi connectivity index (χ3n) is 3.35. The summed E-state index contributed by atoms with van der Waals surface area (Å²) in [6.45, 7) is 6.38. The van der Waals surface area contributed by atoms with Crippen LogP contribution in [0.3, 0.4) is 0 Å². The molecule has 1 aromatic rings. The van der Waals surface area contributed by atoms with Crippen LogP contribution in [0.4, 0.5) is 0 Å². The summed E-state index contributed by atoms with van der Waals surface area (Å²) in [5.41, 5.74) is 1.58. The summed E-state index contributed by atoms with van der Waals surface area (Å²) in [7, 11) is 1.66. The van der Waals surface area contributed by atoms with Crippen LogP contribution in [-0.4, -0.2) is 41.4 Å². The Bertz CT molecular complexity index is 551. The molecular weight excluding hydrogens is 272 g/mol. The number of aromatic nitrogens is 1. The molecule has 6 heteroatoms. The molecule has 1 aromatic heterocycles. The number of pyridine rings is 1. The van der Waals surface area contributed by atoms with Gasteiger partial charge in [0.15, 0.2) is 0 Å². The van der Waals surface area contributed by atoms with Crippen molar-refractivity contribution in [3.05, 3.63) is 33.2 Å². The second kappa shape index (κ2) is 7.95. The molecule has 0 saturated heterocycles. The SMILES string of the molecule is CCOC[C@@H](O)CNC(=O)c1cc(C)c(CC)n(C)c1=O. The molecule has 1 rings (SSSR count). The minimum absolute atomic E-state index is 0.0521. The monoisotopic (exact) mass is 296 g/mol. The molecule has 1 amide bonds. The standard InChI is InChI=1S/C15H24N2O4/c1-5-13-10(3)7-12(15(20)17(13)4)14(19)16-8-11(18)9-21-6-2/h7,11,18H,5-6,8-9H2,1-4H3,(H,16,19)/t11-/m0/s1. The Morgan fingerprint density at radius 3 is 2.71 bits per heavy atom. The van der Waals surface area contributed by atoms with E-state index >= 15 is 0 Å². The van der Waals surface area contributed by atoms with E-state index in [0.717, 1.165) is 17.7 Å². The molecule has 1 heterocycles. The largest absolute Gasteiger partial charge is 0.389 e. The Kier molecular flexibility index (Phi) is 6.58. The van der Waals surface area contributed by atoms with Crippen molar-refractivity contribution in [1.82, 2.24) is 9.88 Å². The molecular formula is C15H24N2O4. The number of carbonyl (C=O) groups is 1. The van der Waals surface area contributed by atoms with Crippen molar-refractivity contribution in [2.75, 3.05) is 19.8 Å². The van der Waals surface area contributed by atoms with Gasteiger partial charge in [-0.3, -0.25) is 9.59 Å². The second-order valence-corrected chi connectivity index (χ2v) is 4.93. The van der Waals surface area contributed by atoms with Gasteiger partial charge in [0.1, 0.15) is 5.56 Å². The van der Waals surface area contributed by atoms with Gasteiger partial charge in [-0.1, -0.05) is 6.92 Å². The van der Waals surface area contributed by atoms with Crippen LogP contribution in [0, 0.1) is 6.92 Å². The maximum atomic E-state index is 12.2. The number of nitrogens with zero attached hydrogens (tertiary/aromatic N) is 1. The normalized spacial score (nSPS) is 12.2. The maximum Gasteiger partial charge on any atom is 0.263 e. The average Bonchev–Trinajstić information content (AvgIpc) is 2.46. The lowest BCUT2D eigenvalue weighted by atomic mass is 10.1. The molecule has 0 bridgehead atoms. The predicted molar refractivity (Wildman–Crippen MR) is 80.6 cm³/mol. The number of aliphatic hydroxyl groups is 1. The number of hydrogen-bond donors (Lipinski definition) is 2. The lowest BCUT2D eigenvalue weighted by Gasteiger charge is -2.14. The predicted octanol–water partition coefficient (Wildman–Crippen LogP) is 0.383. The van der Waals surface area contributed by atoms with Crippen molar-refractivity contribution in [2.24, 2.45) is 7.05 Å². The van der Waals surface area contributed by atoms with Crippen LogP contribution in [-0.2, 0) is 18.2 Å². The number of rotatable bonds is 7. The molecule has 2 N–H and O–H groups in total. The summed E-state index contributed by atoms with van der Waals surface area (Å²) in [5.74, 6) is -0.475. The summed E-state index contributed by atoms with van der Waals surface area (Å²) in [4.78, 5) is 24.2. The van der Waals surface area contributed by atoms with Crippen molar-refractivity contribution in [2.45, 2.75) is 33.3 Å². The fourth-order valence-electron chi connectivity index (χ4n) is 2.23. The van der Waals surface area contributed by atoms with Crippen molar-refractivity contribution in [3.63, 3.8) is 0 Å². The van der Waals surface area contributed by atoms with Crippen LogP contribution in [0.5, 0.6) is 0 Å². The van der Waals surface area contributed by atoms with Crippen molar-refractivity contribution < 1.29 is 14.6 Å². The summed E-state index contributed by atoms with van der Waals surface area (Å²) in [6, 6.07) is 1.60. The molecule has 0 aliphatic rings. The first-order valence-electron chi connectivity index (χ1n) is 7.15. The Morgan fingerprint density at radius 1 is 1.48 bits per heavy atom. The lowest BCUT2D eigenvalue weighted by Crippen LogP contribution is -2.38. The van der Waals surface area contributed by atoms with E-state index in [1.54, 1.807) is 13.1 Å². The molecule has 0 aromatic carbocycles. The highest BCUT2D eigenvalue weighted by atomic mass is 16.5. The van der Waals surface area contributed by atoms with E-state index in [1.165, 1.54) is 4.57 Å². The van der Waals surface area contributed by atoms with Crippen molar-refractivity contribution >= 4 is 5.91 Å². The van der Waals surface area contributed by atoms with E-state index in [-0.39, 0.29) is 24.3 Å². The minimum Gasteiger partial charge on any atom is -0.389 e. The lowest BCUT2D eigenvalue weighted by molar-refractivity contribution is 0.0418. The first-order valence-corrected chi connectivity index (χ1v) is 7.15. The zero-order chi connectivity index (χ0) is 16.0. The van der Waals surface area contributed by atoms with E-state index in [0.29, 0.717) is 6.61 Å². The molecule has 0 unspecified atom stereocenters. The second-order valence-electron chi connectivity index (χ2n) is 4.93.